The minimum atomic E-state index is 0.999. The molecule has 23 heavy (non-hydrogen) atoms. The lowest BCUT2D eigenvalue weighted by Crippen LogP contribution is -2.31. The molecule has 2 heteroatoms. The summed E-state index contributed by atoms with van der Waals surface area (Å²) in [5.74, 6) is 7.71. The standard InChI is InChI=1S/C21H17N2/c1-22-19-12-5-6-13-20(19)23(2)21(22)15-14-17-10-7-9-16-8-3-4-11-18(16)17/h3-13H,1-2H3/q+1. The predicted molar refractivity (Wildman–Crippen MR) is 94.0 cm³/mol. The van der Waals surface area contributed by atoms with Crippen LogP contribution in [-0.4, -0.2) is 4.57 Å². The highest BCUT2D eigenvalue weighted by Crippen LogP contribution is 2.18. The molecule has 0 aliphatic rings. The number of fused-ring (bicyclic) bond motifs is 2. The van der Waals surface area contributed by atoms with Crippen LogP contribution >= 0.6 is 0 Å². The summed E-state index contributed by atoms with van der Waals surface area (Å²) in [5.41, 5.74) is 3.45. The summed E-state index contributed by atoms with van der Waals surface area (Å²) in [6.07, 6.45) is 0. The number of aryl methyl sites for hydroxylation is 2. The Bertz CT molecular complexity index is 1050. The molecule has 0 N–H and O–H groups in total. The van der Waals surface area contributed by atoms with Crippen LogP contribution in [0, 0.1) is 11.8 Å². The summed E-state index contributed by atoms with van der Waals surface area (Å²) in [7, 11) is 4.13. The highest BCUT2D eigenvalue weighted by atomic mass is 15.1. The van der Waals surface area contributed by atoms with Crippen molar-refractivity contribution in [3.8, 4) is 11.8 Å². The second-order valence-electron chi connectivity index (χ2n) is 5.71. The molecular weight excluding hydrogens is 280 g/mol. The van der Waals surface area contributed by atoms with Gasteiger partial charge >= 0.3 is 5.82 Å². The average molecular weight is 297 g/mol. The second-order valence-corrected chi connectivity index (χ2v) is 5.71. The van der Waals surface area contributed by atoms with Crippen molar-refractivity contribution in [3.05, 3.63) is 78.1 Å². The first kappa shape index (κ1) is 13.6. The average Bonchev–Trinajstić information content (AvgIpc) is 2.84. The van der Waals surface area contributed by atoms with E-state index in [-0.39, 0.29) is 0 Å². The van der Waals surface area contributed by atoms with Crippen molar-refractivity contribution in [2.75, 3.05) is 0 Å². The van der Waals surface area contributed by atoms with E-state index in [1.54, 1.807) is 0 Å². The minimum Gasteiger partial charge on any atom is -0.218 e. The van der Waals surface area contributed by atoms with E-state index < -0.39 is 0 Å². The molecule has 0 bridgehead atoms. The molecule has 4 aromatic rings. The Labute approximate surface area is 135 Å². The molecule has 0 amide bonds. The van der Waals surface area contributed by atoms with Gasteiger partial charge in [0.15, 0.2) is 11.0 Å². The molecule has 3 aromatic carbocycles. The topological polar surface area (TPSA) is 8.81 Å². The zero-order valence-electron chi connectivity index (χ0n) is 13.2. The SMILES string of the molecule is Cn1c(C#Cc2cccc3ccccc23)[n+](C)c2ccccc21. The van der Waals surface area contributed by atoms with Crippen LogP contribution < -0.4 is 4.57 Å². The fraction of sp³-hybridized carbons (Fsp3) is 0.0952. The number of hydrogen-bond acceptors (Lipinski definition) is 0. The van der Waals surface area contributed by atoms with Crippen LogP contribution in [0.1, 0.15) is 11.4 Å². The van der Waals surface area contributed by atoms with E-state index >= 15 is 0 Å². The zero-order chi connectivity index (χ0) is 15.8. The van der Waals surface area contributed by atoms with Gasteiger partial charge in [0.1, 0.15) is 0 Å². The fourth-order valence-corrected chi connectivity index (χ4v) is 3.11. The van der Waals surface area contributed by atoms with E-state index in [0.29, 0.717) is 0 Å². The van der Waals surface area contributed by atoms with Gasteiger partial charge in [0, 0.05) is 11.5 Å². The van der Waals surface area contributed by atoms with Gasteiger partial charge in [-0.2, -0.15) is 0 Å². The first-order chi connectivity index (χ1) is 11.3. The molecule has 0 spiro atoms. The summed E-state index contributed by atoms with van der Waals surface area (Å²) >= 11 is 0. The lowest BCUT2D eigenvalue weighted by atomic mass is 10.1. The van der Waals surface area contributed by atoms with Crippen molar-refractivity contribution in [1.29, 1.82) is 0 Å². The molecule has 0 atom stereocenters. The third-order valence-electron chi connectivity index (χ3n) is 4.34. The molecule has 0 radical (unpaired) electrons. The Balaban J connectivity index is 1.91. The molecule has 1 heterocycles. The Kier molecular flexibility index (Phi) is 3.13. The Morgan fingerprint density at radius 3 is 2.43 bits per heavy atom. The quantitative estimate of drug-likeness (QED) is 0.347. The second kappa shape index (κ2) is 5.30. The fourth-order valence-electron chi connectivity index (χ4n) is 3.11. The molecular formula is C21H17N2+. The number of para-hydroxylation sites is 2. The van der Waals surface area contributed by atoms with Crippen LogP contribution in [0.2, 0.25) is 0 Å². The van der Waals surface area contributed by atoms with Gasteiger partial charge in [0.2, 0.25) is 0 Å². The molecule has 0 aliphatic carbocycles. The van der Waals surface area contributed by atoms with Crippen molar-refractivity contribution in [2.45, 2.75) is 0 Å². The summed E-state index contributed by atoms with van der Waals surface area (Å²) < 4.78 is 4.29. The van der Waals surface area contributed by atoms with Crippen molar-refractivity contribution in [3.63, 3.8) is 0 Å². The van der Waals surface area contributed by atoms with Crippen molar-refractivity contribution in [2.24, 2.45) is 14.1 Å². The molecule has 0 aliphatic heterocycles. The van der Waals surface area contributed by atoms with Crippen LogP contribution in [-0.2, 0) is 14.1 Å². The van der Waals surface area contributed by atoms with E-state index in [0.717, 1.165) is 11.4 Å². The number of rotatable bonds is 0. The number of imidazole rings is 1. The zero-order valence-corrected chi connectivity index (χ0v) is 13.2. The Morgan fingerprint density at radius 1 is 0.826 bits per heavy atom. The maximum atomic E-state index is 3.36. The number of hydrogen-bond donors (Lipinski definition) is 0. The van der Waals surface area contributed by atoms with Crippen LogP contribution in [0.15, 0.2) is 66.7 Å². The molecule has 1 aromatic heterocycles. The monoisotopic (exact) mass is 297 g/mol. The maximum Gasteiger partial charge on any atom is 0.336 e. The van der Waals surface area contributed by atoms with Crippen molar-refractivity contribution >= 4 is 21.8 Å². The van der Waals surface area contributed by atoms with Gasteiger partial charge in [0.05, 0.1) is 14.1 Å². The smallest absolute Gasteiger partial charge is 0.218 e. The molecule has 0 fully saturated rings. The molecule has 0 unspecified atom stereocenters. The van der Waals surface area contributed by atoms with Crippen LogP contribution in [0.25, 0.3) is 21.8 Å². The van der Waals surface area contributed by atoms with Crippen molar-refractivity contribution in [1.82, 2.24) is 4.57 Å². The van der Waals surface area contributed by atoms with Gasteiger partial charge in [0.25, 0.3) is 0 Å². The number of aromatic nitrogens is 2. The first-order valence-corrected chi connectivity index (χ1v) is 7.69. The van der Waals surface area contributed by atoms with E-state index in [1.807, 2.05) is 0 Å². The lowest BCUT2D eigenvalue weighted by molar-refractivity contribution is -0.648. The summed E-state index contributed by atoms with van der Waals surface area (Å²) in [6.45, 7) is 0. The largest absolute Gasteiger partial charge is 0.336 e. The lowest BCUT2D eigenvalue weighted by Gasteiger charge is -1.99. The number of nitrogens with zero attached hydrogens (tertiary/aromatic N) is 2. The van der Waals surface area contributed by atoms with Gasteiger partial charge in [-0.15, -0.1) is 0 Å². The number of benzene rings is 3. The minimum absolute atomic E-state index is 0.999. The van der Waals surface area contributed by atoms with Gasteiger partial charge in [-0.1, -0.05) is 54.5 Å². The summed E-state index contributed by atoms with van der Waals surface area (Å²) in [4.78, 5) is 0. The van der Waals surface area contributed by atoms with Gasteiger partial charge in [-0.3, -0.25) is 0 Å². The van der Waals surface area contributed by atoms with Gasteiger partial charge < -0.3 is 0 Å². The van der Waals surface area contributed by atoms with Crippen LogP contribution in [0.5, 0.6) is 0 Å². The van der Waals surface area contributed by atoms with Crippen LogP contribution in [0.3, 0.4) is 0 Å². The third-order valence-corrected chi connectivity index (χ3v) is 4.34. The van der Waals surface area contributed by atoms with Gasteiger partial charge in [-0.05, 0) is 29.0 Å². The summed E-state index contributed by atoms with van der Waals surface area (Å²) in [6, 6.07) is 23.0. The molecule has 0 saturated heterocycles. The highest BCUT2D eigenvalue weighted by molar-refractivity contribution is 5.88. The Morgan fingerprint density at radius 2 is 1.57 bits per heavy atom. The summed E-state index contributed by atoms with van der Waals surface area (Å²) in [5, 5.41) is 2.42. The van der Waals surface area contributed by atoms with E-state index in [4.69, 9.17) is 0 Å². The third kappa shape index (κ3) is 2.18. The molecule has 110 valence electrons. The first-order valence-electron chi connectivity index (χ1n) is 7.69. The molecule has 0 saturated carbocycles. The van der Waals surface area contributed by atoms with E-state index in [1.165, 1.54) is 21.8 Å². The van der Waals surface area contributed by atoms with E-state index in [2.05, 4.69) is 102 Å². The van der Waals surface area contributed by atoms with Gasteiger partial charge in [-0.25, -0.2) is 9.13 Å². The molecule has 2 nitrogen and oxygen atoms in total. The maximum absolute atomic E-state index is 3.36. The predicted octanol–water partition coefficient (Wildman–Crippen LogP) is 3.56. The van der Waals surface area contributed by atoms with Crippen molar-refractivity contribution < 1.29 is 4.57 Å². The van der Waals surface area contributed by atoms with E-state index in [9.17, 15) is 0 Å². The highest BCUT2D eigenvalue weighted by Gasteiger charge is 2.17. The Hall–Kier alpha value is -3.05. The van der Waals surface area contributed by atoms with Crippen LogP contribution in [0.4, 0.5) is 0 Å². The normalized spacial score (nSPS) is 10.7. The molecule has 4 rings (SSSR count).